The average molecular weight is 253 g/mol. The largest absolute Gasteiger partial charge is 0.298 e. The van der Waals surface area contributed by atoms with Gasteiger partial charge in [0.2, 0.25) is 0 Å². The van der Waals surface area contributed by atoms with Crippen LogP contribution in [0.5, 0.6) is 0 Å². The molecule has 1 fully saturated rings. The second-order valence-corrected chi connectivity index (χ2v) is 6.73. The van der Waals surface area contributed by atoms with Gasteiger partial charge in [-0.2, -0.15) is 0 Å². The number of Topliss-reactive ketones (excluding diaryl/α,β-unsaturated/α-hetero) is 1. The van der Waals surface area contributed by atoms with Crippen LogP contribution in [0.2, 0.25) is 0 Å². The van der Waals surface area contributed by atoms with Gasteiger partial charge in [-0.15, -0.1) is 0 Å². The molecule has 0 spiro atoms. The number of ketones is 1. The number of pyridine rings is 1. The number of aryl methyl sites for hydroxylation is 1. The summed E-state index contributed by atoms with van der Waals surface area (Å²) in [6, 6.07) is 1.55. The summed E-state index contributed by atoms with van der Waals surface area (Å²) in [7, 11) is -3.52. The van der Waals surface area contributed by atoms with E-state index in [-0.39, 0.29) is 16.6 Å². The predicted octanol–water partition coefficient (Wildman–Crippen LogP) is 1.39. The molecule has 1 saturated carbocycles. The number of carbonyl (C=O) groups is 1. The number of rotatable bonds is 4. The summed E-state index contributed by atoms with van der Waals surface area (Å²) in [5, 5.41) is 0. The molecule has 1 aliphatic rings. The van der Waals surface area contributed by atoms with Gasteiger partial charge in [0, 0.05) is 18.3 Å². The molecule has 0 N–H and O–H groups in total. The van der Waals surface area contributed by atoms with Gasteiger partial charge < -0.3 is 0 Å². The Balaban J connectivity index is 2.16. The van der Waals surface area contributed by atoms with Crippen molar-refractivity contribution in [2.45, 2.75) is 25.2 Å². The zero-order chi connectivity index (χ0) is 12.6. The van der Waals surface area contributed by atoms with E-state index in [0.29, 0.717) is 5.92 Å². The quantitative estimate of drug-likeness (QED) is 0.813. The Morgan fingerprint density at radius 3 is 2.65 bits per heavy atom. The molecule has 1 aromatic rings. The number of hydrogen-bond acceptors (Lipinski definition) is 4. The first-order chi connectivity index (χ1) is 7.90. The van der Waals surface area contributed by atoms with Crippen molar-refractivity contribution in [3.8, 4) is 0 Å². The monoisotopic (exact) mass is 253 g/mol. The van der Waals surface area contributed by atoms with Crippen LogP contribution in [0.3, 0.4) is 0 Å². The Bertz CT molecular complexity index is 551. The molecule has 2 rings (SSSR count). The number of hydrogen-bond donors (Lipinski definition) is 0. The molecule has 0 saturated heterocycles. The van der Waals surface area contributed by atoms with Crippen LogP contribution >= 0.6 is 0 Å². The van der Waals surface area contributed by atoms with Gasteiger partial charge in [-0.3, -0.25) is 9.78 Å². The van der Waals surface area contributed by atoms with Crippen molar-refractivity contribution < 1.29 is 13.2 Å². The van der Waals surface area contributed by atoms with Gasteiger partial charge in [0.05, 0.1) is 4.90 Å². The van der Waals surface area contributed by atoms with E-state index in [1.54, 1.807) is 19.2 Å². The second kappa shape index (κ2) is 4.22. The van der Waals surface area contributed by atoms with Crippen molar-refractivity contribution in [3.05, 3.63) is 24.0 Å². The zero-order valence-electron chi connectivity index (χ0n) is 9.88. The maximum Gasteiger partial charge on any atom is 0.186 e. The summed E-state index contributed by atoms with van der Waals surface area (Å²) in [5.74, 6) is -0.275. The number of carbonyl (C=O) groups excluding carboxylic acids is 1. The Kier molecular flexibility index (Phi) is 3.03. The molecular formula is C12H15NO3S. The van der Waals surface area contributed by atoms with E-state index in [1.807, 2.05) is 6.92 Å². The van der Waals surface area contributed by atoms with Crippen molar-refractivity contribution in [1.29, 1.82) is 0 Å². The Labute approximate surface area is 101 Å². The summed E-state index contributed by atoms with van der Waals surface area (Å²) in [5.41, 5.74) is 0.776. The van der Waals surface area contributed by atoms with E-state index in [1.165, 1.54) is 6.20 Å². The van der Waals surface area contributed by atoms with Crippen molar-refractivity contribution in [1.82, 2.24) is 4.98 Å². The molecule has 0 amide bonds. The van der Waals surface area contributed by atoms with Crippen molar-refractivity contribution >= 4 is 15.6 Å². The van der Waals surface area contributed by atoms with Gasteiger partial charge in [-0.1, -0.05) is 6.92 Å². The SMILES string of the molecule is Cc1cncc(S(=O)(=O)CC(=O)C2CC2C)c1. The Morgan fingerprint density at radius 1 is 1.47 bits per heavy atom. The first-order valence-electron chi connectivity index (χ1n) is 5.57. The lowest BCUT2D eigenvalue weighted by atomic mass is 10.2. The number of nitrogens with zero attached hydrogens (tertiary/aromatic N) is 1. The van der Waals surface area contributed by atoms with Crippen LogP contribution in [-0.4, -0.2) is 24.9 Å². The third-order valence-corrected chi connectivity index (χ3v) is 4.67. The van der Waals surface area contributed by atoms with Gasteiger partial charge in [0.25, 0.3) is 0 Å². The molecule has 92 valence electrons. The summed E-state index contributed by atoms with van der Waals surface area (Å²) >= 11 is 0. The van der Waals surface area contributed by atoms with Gasteiger partial charge in [-0.05, 0) is 30.9 Å². The van der Waals surface area contributed by atoms with Crippen molar-refractivity contribution in [2.24, 2.45) is 11.8 Å². The van der Waals surface area contributed by atoms with Gasteiger partial charge in [-0.25, -0.2) is 8.42 Å². The average Bonchev–Trinajstić information content (AvgIpc) is 2.95. The predicted molar refractivity (Wildman–Crippen MR) is 63.3 cm³/mol. The van der Waals surface area contributed by atoms with Crippen LogP contribution in [0, 0.1) is 18.8 Å². The van der Waals surface area contributed by atoms with E-state index in [4.69, 9.17) is 0 Å². The first kappa shape index (κ1) is 12.2. The van der Waals surface area contributed by atoms with Crippen LogP contribution in [-0.2, 0) is 14.6 Å². The lowest BCUT2D eigenvalue weighted by molar-refractivity contribution is -0.118. The molecule has 4 nitrogen and oxygen atoms in total. The molecule has 1 aliphatic carbocycles. The Hall–Kier alpha value is -1.23. The topological polar surface area (TPSA) is 64.1 Å². The van der Waals surface area contributed by atoms with Crippen LogP contribution in [0.4, 0.5) is 0 Å². The van der Waals surface area contributed by atoms with Gasteiger partial charge >= 0.3 is 0 Å². The summed E-state index contributed by atoms with van der Waals surface area (Å²) in [6.45, 7) is 3.74. The van der Waals surface area contributed by atoms with Gasteiger partial charge in [0.1, 0.15) is 5.75 Å². The fourth-order valence-corrected chi connectivity index (χ4v) is 3.19. The first-order valence-corrected chi connectivity index (χ1v) is 7.22. The highest BCUT2D eigenvalue weighted by molar-refractivity contribution is 7.92. The van der Waals surface area contributed by atoms with Crippen molar-refractivity contribution in [2.75, 3.05) is 5.75 Å². The minimum Gasteiger partial charge on any atom is -0.298 e. The Morgan fingerprint density at radius 2 is 2.12 bits per heavy atom. The summed E-state index contributed by atoms with van der Waals surface area (Å²) in [4.78, 5) is 15.7. The fourth-order valence-electron chi connectivity index (χ4n) is 1.85. The van der Waals surface area contributed by atoms with Crippen LogP contribution in [0.25, 0.3) is 0 Å². The van der Waals surface area contributed by atoms with Crippen LogP contribution < -0.4 is 0 Å². The molecule has 17 heavy (non-hydrogen) atoms. The molecule has 0 bridgehead atoms. The van der Waals surface area contributed by atoms with E-state index >= 15 is 0 Å². The number of aromatic nitrogens is 1. The highest BCUT2D eigenvalue weighted by Gasteiger charge is 2.40. The van der Waals surface area contributed by atoms with E-state index in [2.05, 4.69) is 4.98 Å². The minimum absolute atomic E-state index is 0.0532. The molecule has 5 heteroatoms. The van der Waals surface area contributed by atoms with Crippen LogP contribution in [0.15, 0.2) is 23.4 Å². The minimum atomic E-state index is -3.52. The van der Waals surface area contributed by atoms with E-state index < -0.39 is 15.6 Å². The lowest BCUT2D eigenvalue weighted by Gasteiger charge is -2.03. The number of sulfone groups is 1. The molecule has 1 aromatic heterocycles. The van der Waals surface area contributed by atoms with Gasteiger partial charge in [0.15, 0.2) is 15.6 Å². The molecule has 2 atom stereocenters. The van der Waals surface area contributed by atoms with Crippen LogP contribution in [0.1, 0.15) is 18.9 Å². The molecule has 2 unspecified atom stereocenters. The van der Waals surface area contributed by atoms with Crippen molar-refractivity contribution in [3.63, 3.8) is 0 Å². The second-order valence-electron chi connectivity index (χ2n) is 4.74. The standard InChI is InChI=1S/C12H15NO3S/c1-8-3-10(6-13-5-8)17(15,16)7-12(14)11-4-9(11)2/h3,5-6,9,11H,4,7H2,1-2H3. The molecule has 0 aliphatic heterocycles. The fraction of sp³-hybridized carbons (Fsp3) is 0.500. The maximum atomic E-state index is 12.0. The lowest BCUT2D eigenvalue weighted by Crippen LogP contribution is -2.18. The van der Waals surface area contributed by atoms with E-state index in [9.17, 15) is 13.2 Å². The molecule has 1 heterocycles. The highest BCUT2D eigenvalue weighted by atomic mass is 32.2. The molecular weight excluding hydrogens is 238 g/mol. The molecule has 0 radical (unpaired) electrons. The maximum absolute atomic E-state index is 12.0. The third kappa shape index (κ3) is 2.72. The molecule has 0 aromatic carbocycles. The third-order valence-electron chi connectivity index (χ3n) is 3.06. The summed E-state index contributed by atoms with van der Waals surface area (Å²) < 4.78 is 23.9. The highest BCUT2D eigenvalue weighted by Crippen LogP contribution is 2.38. The summed E-state index contributed by atoms with van der Waals surface area (Å²) in [6.07, 6.45) is 3.70. The van der Waals surface area contributed by atoms with E-state index in [0.717, 1.165) is 12.0 Å². The zero-order valence-corrected chi connectivity index (χ0v) is 10.7. The normalized spacial score (nSPS) is 23.4. The smallest absolute Gasteiger partial charge is 0.186 e.